The number of para-hydroxylation sites is 1. The predicted molar refractivity (Wildman–Crippen MR) is 101 cm³/mol. The summed E-state index contributed by atoms with van der Waals surface area (Å²) in [5.41, 5.74) is 2.48. The largest absolute Gasteiger partial charge is 0.361 e. The van der Waals surface area contributed by atoms with Gasteiger partial charge in [0, 0.05) is 36.7 Å². The molecule has 3 heterocycles. The number of anilines is 2. The lowest BCUT2D eigenvalue weighted by Crippen LogP contribution is -2.33. The standard InChI is InChI=1S/C19H24N6/c1-14-7-10-25(11-8-14)18-13-22-24-19(23-18)20-9-6-15-12-21-17-5-3-2-4-16(15)17/h2-5,12-14,21H,6-11H2,1H3,(H,20,23,24). The van der Waals surface area contributed by atoms with Crippen LogP contribution < -0.4 is 10.2 Å². The fraction of sp³-hybridized carbons (Fsp3) is 0.421. The Bertz CT molecular complexity index is 835. The van der Waals surface area contributed by atoms with E-state index < -0.39 is 0 Å². The van der Waals surface area contributed by atoms with Gasteiger partial charge in [0.25, 0.3) is 0 Å². The highest BCUT2D eigenvalue weighted by Gasteiger charge is 2.17. The van der Waals surface area contributed by atoms with Gasteiger partial charge in [-0.05, 0) is 36.8 Å². The van der Waals surface area contributed by atoms with Crippen molar-refractivity contribution in [2.75, 3.05) is 29.9 Å². The maximum Gasteiger partial charge on any atom is 0.244 e. The molecule has 1 aliphatic rings. The molecule has 0 bridgehead atoms. The molecular formula is C19H24N6. The Labute approximate surface area is 147 Å². The van der Waals surface area contributed by atoms with Crippen LogP contribution in [0.4, 0.5) is 11.8 Å². The molecule has 6 heteroatoms. The van der Waals surface area contributed by atoms with E-state index >= 15 is 0 Å². The zero-order valence-corrected chi connectivity index (χ0v) is 14.6. The smallest absolute Gasteiger partial charge is 0.244 e. The van der Waals surface area contributed by atoms with Crippen molar-refractivity contribution in [3.63, 3.8) is 0 Å². The van der Waals surface area contributed by atoms with E-state index in [1.54, 1.807) is 6.20 Å². The Morgan fingerprint density at radius 2 is 2.08 bits per heavy atom. The minimum absolute atomic E-state index is 0.607. The molecule has 2 aromatic heterocycles. The van der Waals surface area contributed by atoms with E-state index in [1.165, 1.54) is 29.3 Å². The van der Waals surface area contributed by atoms with E-state index in [0.717, 1.165) is 37.8 Å². The van der Waals surface area contributed by atoms with Gasteiger partial charge >= 0.3 is 0 Å². The first-order valence-electron chi connectivity index (χ1n) is 9.03. The van der Waals surface area contributed by atoms with E-state index in [-0.39, 0.29) is 0 Å². The summed E-state index contributed by atoms with van der Waals surface area (Å²) in [5, 5.41) is 12.8. The highest BCUT2D eigenvalue weighted by atomic mass is 15.3. The van der Waals surface area contributed by atoms with Gasteiger partial charge in [-0.2, -0.15) is 10.1 Å². The quantitative estimate of drug-likeness (QED) is 0.748. The lowest BCUT2D eigenvalue weighted by molar-refractivity contribution is 0.436. The van der Waals surface area contributed by atoms with E-state index in [9.17, 15) is 0 Å². The minimum Gasteiger partial charge on any atom is -0.361 e. The molecule has 1 fully saturated rings. The number of fused-ring (bicyclic) bond motifs is 1. The molecule has 2 N–H and O–H groups in total. The summed E-state index contributed by atoms with van der Waals surface area (Å²) < 4.78 is 0. The predicted octanol–water partition coefficient (Wildman–Crippen LogP) is 3.24. The number of H-pyrrole nitrogens is 1. The third-order valence-electron chi connectivity index (χ3n) is 5.01. The second-order valence-electron chi connectivity index (χ2n) is 6.84. The summed E-state index contributed by atoms with van der Waals surface area (Å²) in [4.78, 5) is 10.3. The van der Waals surface area contributed by atoms with Crippen LogP contribution in [0.2, 0.25) is 0 Å². The summed E-state index contributed by atoms with van der Waals surface area (Å²) in [5.74, 6) is 2.34. The van der Waals surface area contributed by atoms with Gasteiger partial charge < -0.3 is 15.2 Å². The number of nitrogens with zero attached hydrogens (tertiary/aromatic N) is 4. The van der Waals surface area contributed by atoms with Crippen LogP contribution in [0.15, 0.2) is 36.7 Å². The van der Waals surface area contributed by atoms with Crippen LogP contribution in [0.1, 0.15) is 25.3 Å². The number of nitrogens with one attached hydrogen (secondary N) is 2. The molecule has 0 spiro atoms. The van der Waals surface area contributed by atoms with Crippen LogP contribution >= 0.6 is 0 Å². The number of hydrogen-bond donors (Lipinski definition) is 2. The summed E-state index contributed by atoms with van der Waals surface area (Å²) in [6.45, 7) is 5.19. The van der Waals surface area contributed by atoms with E-state index in [4.69, 9.17) is 0 Å². The Balaban J connectivity index is 1.37. The van der Waals surface area contributed by atoms with Gasteiger partial charge in [0.05, 0.1) is 6.20 Å². The maximum atomic E-state index is 4.64. The molecule has 0 saturated carbocycles. The molecule has 1 aromatic carbocycles. The number of aromatic nitrogens is 4. The first-order valence-corrected chi connectivity index (χ1v) is 9.03. The average molecular weight is 336 g/mol. The van der Waals surface area contributed by atoms with Gasteiger partial charge in [0.1, 0.15) is 0 Å². The first kappa shape index (κ1) is 15.9. The maximum absolute atomic E-state index is 4.64. The zero-order chi connectivity index (χ0) is 17.1. The fourth-order valence-corrected chi connectivity index (χ4v) is 3.41. The van der Waals surface area contributed by atoms with Crippen LogP contribution in [-0.4, -0.2) is 39.8 Å². The monoisotopic (exact) mass is 336 g/mol. The Kier molecular flexibility index (Phi) is 4.50. The molecule has 4 rings (SSSR count). The zero-order valence-electron chi connectivity index (χ0n) is 14.6. The summed E-state index contributed by atoms with van der Waals surface area (Å²) >= 11 is 0. The number of rotatable bonds is 5. The second-order valence-corrected chi connectivity index (χ2v) is 6.84. The topological polar surface area (TPSA) is 69.7 Å². The van der Waals surface area contributed by atoms with E-state index in [0.29, 0.717) is 5.95 Å². The molecule has 0 aliphatic carbocycles. The van der Waals surface area contributed by atoms with Gasteiger partial charge in [0.2, 0.25) is 5.95 Å². The number of hydrogen-bond acceptors (Lipinski definition) is 5. The Morgan fingerprint density at radius 3 is 2.96 bits per heavy atom. The highest BCUT2D eigenvalue weighted by molar-refractivity contribution is 5.83. The molecule has 0 atom stereocenters. The van der Waals surface area contributed by atoms with Gasteiger partial charge in [-0.3, -0.25) is 0 Å². The van der Waals surface area contributed by atoms with Gasteiger partial charge in [-0.1, -0.05) is 25.1 Å². The Morgan fingerprint density at radius 1 is 1.24 bits per heavy atom. The van der Waals surface area contributed by atoms with Gasteiger partial charge in [-0.15, -0.1) is 5.10 Å². The lowest BCUT2D eigenvalue weighted by Gasteiger charge is -2.30. The normalized spacial score (nSPS) is 15.6. The molecule has 25 heavy (non-hydrogen) atoms. The number of aromatic amines is 1. The van der Waals surface area contributed by atoms with E-state index in [1.807, 2.05) is 6.07 Å². The van der Waals surface area contributed by atoms with Crippen molar-refractivity contribution >= 4 is 22.7 Å². The van der Waals surface area contributed by atoms with Crippen LogP contribution in [-0.2, 0) is 6.42 Å². The molecule has 0 unspecified atom stereocenters. The van der Waals surface area contributed by atoms with Crippen molar-refractivity contribution in [2.24, 2.45) is 5.92 Å². The number of piperidine rings is 1. The minimum atomic E-state index is 0.607. The van der Waals surface area contributed by atoms with E-state index in [2.05, 4.69) is 61.7 Å². The molecule has 130 valence electrons. The molecule has 0 amide bonds. The van der Waals surface area contributed by atoms with Crippen LogP contribution in [0.5, 0.6) is 0 Å². The third kappa shape index (κ3) is 3.57. The van der Waals surface area contributed by atoms with Crippen molar-refractivity contribution in [1.82, 2.24) is 20.2 Å². The SMILES string of the molecule is CC1CCN(c2cnnc(NCCc3c[nH]c4ccccc34)n2)CC1. The molecule has 6 nitrogen and oxygen atoms in total. The molecule has 1 saturated heterocycles. The molecule has 1 aliphatic heterocycles. The molecule has 3 aromatic rings. The third-order valence-corrected chi connectivity index (χ3v) is 5.01. The first-order chi connectivity index (χ1) is 12.3. The van der Waals surface area contributed by atoms with Gasteiger partial charge in [0.15, 0.2) is 5.82 Å². The van der Waals surface area contributed by atoms with Gasteiger partial charge in [-0.25, -0.2) is 0 Å². The van der Waals surface area contributed by atoms with Crippen LogP contribution in [0.3, 0.4) is 0 Å². The lowest BCUT2D eigenvalue weighted by atomic mass is 9.99. The average Bonchev–Trinajstić information content (AvgIpc) is 3.06. The van der Waals surface area contributed by atoms with Crippen molar-refractivity contribution < 1.29 is 0 Å². The fourth-order valence-electron chi connectivity index (χ4n) is 3.41. The van der Waals surface area contributed by atoms with Crippen LogP contribution in [0, 0.1) is 5.92 Å². The van der Waals surface area contributed by atoms with Crippen molar-refractivity contribution in [2.45, 2.75) is 26.2 Å². The number of benzene rings is 1. The highest BCUT2D eigenvalue weighted by Crippen LogP contribution is 2.21. The molecular weight excluding hydrogens is 312 g/mol. The van der Waals surface area contributed by atoms with Crippen molar-refractivity contribution in [1.29, 1.82) is 0 Å². The molecule has 0 radical (unpaired) electrons. The summed E-state index contributed by atoms with van der Waals surface area (Å²) in [7, 11) is 0. The van der Waals surface area contributed by atoms with Crippen molar-refractivity contribution in [3.8, 4) is 0 Å². The summed E-state index contributed by atoms with van der Waals surface area (Å²) in [6, 6.07) is 8.37. The van der Waals surface area contributed by atoms with Crippen LogP contribution in [0.25, 0.3) is 10.9 Å². The summed E-state index contributed by atoms with van der Waals surface area (Å²) in [6.07, 6.45) is 7.19. The Hall–Kier alpha value is -2.63. The second kappa shape index (κ2) is 7.09. The van der Waals surface area contributed by atoms with Crippen molar-refractivity contribution in [3.05, 3.63) is 42.2 Å².